The summed E-state index contributed by atoms with van der Waals surface area (Å²) in [5.41, 5.74) is 2.19. The number of anilines is 1. The van der Waals surface area contributed by atoms with Crippen LogP contribution in [-0.2, 0) is 0 Å². The minimum absolute atomic E-state index is 0.636. The molecule has 0 spiro atoms. The molecule has 5 nitrogen and oxygen atoms in total. The summed E-state index contributed by atoms with van der Waals surface area (Å²) in [6.07, 6.45) is 5.04. The zero-order valence-electron chi connectivity index (χ0n) is 9.86. The van der Waals surface area contributed by atoms with Gasteiger partial charge in [0.05, 0.1) is 5.02 Å². The second-order valence-corrected chi connectivity index (χ2v) is 4.69. The number of hydrogen-bond donors (Lipinski definition) is 2. The lowest BCUT2D eigenvalue weighted by Crippen LogP contribution is -2.23. The van der Waals surface area contributed by atoms with Gasteiger partial charge in [0.2, 0.25) is 5.95 Å². The third kappa shape index (κ3) is 2.47. The van der Waals surface area contributed by atoms with Gasteiger partial charge >= 0.3 is 0 Å². The van der Waals surface area contributed by atoms with Crippen LogP contribution in [0.2, 0.25) is 5.02 Å². The van der Waals surface area contributed by atoms with Gasteiger partial charge in [-0.05, 0) is 25.1 Å². The van der Waals surface area contributed by atoms with Crippen molar-refractivity contribution >= 4 is 23.2 Å². The minimum Gasteiger partial charge on any atom is -0.349 e. The van der Waals surface area contributed by atoms with E-state index in [1.54, 1.807) is 10.7 Å². The summed E-state index contributed by atoms with van der Waals surface area (Å²) in [4.78, 5) is 4.38. The molecule has 1 aliphatic heterocycles. The van der Waals surface area contributed by atoms with E-state index in [9.17, 15) is 0 Å². The maximum Gasteiger partial charge on any atom is 0.243 e. The Morgan fingerprint density at radius 3 is 3.22 bits per heavy atom. The molecule has 18 heavy (non-hydrogen) atoms. The van der Waals surface area contributed by atoms with Crippen LogP contribution in [0, 0.1) is 0 Å². The molecular formula is C12H14ClN5. The number of nitrogens with zero attached hydrogens (tertiary/aromatic N) is 3. The molecule has 2 N–H and O–H groups in total. The van der Waals surface area contributed by atoms with Gasteiger partial charge in [-0.3, -0.25) is 0 Å². The first-order valence-electron chi connectivity index (χ1n) is 5.96. The highest BCUT2D eigenvalue weighted by atomic mass is 35.5. The van der Waals surface area contributed by atoms with E-state index in [2.05, 4.69) is 26.8 Å². The summed E-state index contributed by atoms with van der Waals surface area (Å²) in [5, 5.41) is 11.5. The fourth-order valence-corrected chi connectivity index (χ4v) is 2.11. The van der Waals surface area contributed by atoms with Crippen LogP contribution in [0.5, 0.6) is 0 Å². The number of nitrogens with one attached hydrogen (secondary N) is 2. The lowest BCUT2D eigenvalue weighted by molar-refractivity contribution is 0.697. The fourth-order valence-electron chi connectivity index (χ4n) is 1.96. The van der Waals surface area contributed by atoms with Crippen LogP contribution in [0.15, 0.2) is 30.0 Å². The molecule has 1 aliphatic rings. The normalized spacial score (nSPS) is 15.7. The second-order valence-electron chi connectivity index (χ2n) is 4.26. The Labute approximate surface area is 110 Å². The standard InChI is InChI=1S/C12H14ClN5/c13-10-1-2-11-16-12(17-18(11)8-10)15-7-9-3-5-14-6-4-9/h1-3,8,14H,4-7H2,(H,15,17). The predicted molar refractivity (Wildman–Crippen MR) is 72.1 cm³/mol. The summed E-state index contributed by atoms with van der Waals surface area (Å²) >= 11 is 5.90. The van der Waals surface area contributed by atoms with Gasteiger partial charge in [0, 0.05) is 19.3 Å². The highest BCUT2D eigenvalue weighted by Crippen LogP contribution is 2.12. The van der Waals surface area contributed by atoms with Crippen molar-refractivity contribution < 1.29 is 0 Å². The Morgan fingerprint density at radius 1 is 1.44 bits per heavy atom. The maximum absolute atomic E-state index is 5.90. The van der Waals surface area contributed by atoms with E-state index in [1.165, 1.54) is 5.57 Å². The average Bonchev–Trinajstić information content (AvgIpc) is 2.79. The molecule has 0 aromatic carbocycles. The zero-order valence-corrected chi connectivity index (χ0v) is 10.6. The van der Waals surface area contributed by atoms with E-state index in [0.29, 0.717) is 11.0 Å². The molecule has 6 heteroatoms. The molecule has 0 atom stereocenters. The smallest absolute Gasteiger partial charge is 0.243 e. The Morgan fingerprint density at radius 2 is 2.39 bits per heavy atom. The van der Waals surface area contributed by atoms with Gasteiger partial charge in [-0.15, -0.1) is 5.10 Å². The number of aromatic nitrogens is 3. The molecule has 0 saturated carbocycles. The topological polar surface area (TPSA) is 54.2 Å². The molecule has 3 heterocycles. The van der Waals surface area contributed by atoms with Crippen LogP contribution in [0.3, 0.4) is 0 Å². The van der Waals surface area contributed by atoms with Crippen LogP contribution in [0.4, 0.5) is 5.95 Å². The van der Waals surface area contributed by atoms with E-state index in [0.717, 1.165) is 31.7 Å². The van der Waals surface area contributed by atoms with Crippen molar-refractivity contribution in [3.05, 3.63) is 35.0 Å². The molecule has 0 bridgehead atoms. The SMILES string of the molecule is Clc1ccc2nc(NCC3=CCNCC3)nn2c1. The first kappa shape index (κ1) is 11.5. The molecule has 0 unspecified atom stereocenters. The van der Waals surface area contributed by atoms with Crippen LogP contribution in [0.1, 0.15) is 6.42 Å². The molecule has 0 aliphatic carbocycles. The van der Waals surface area contributed by atoms with Gasteiger partial charge in [-0.25, -0.2) is 4.52 Å². The first-order valence-corrected chi connectivity index (χ1v) is 6.33. The average molecular weight is 264 g/mol. The van der Waals surface area contributed by atoms with Gasteiger partial charge in [0.15, 0.2) is 5.65 Å². The fraction of sp³-hybridized carbons (Fsp3) is 0.333. The number of pyridine rings is 1. The minimum atomic E-state index is 0.636. The summed E-state index contributed by atoms with van der Waals surface area (Å²) in [6.45, 7) is 2.79. The third-order valence-corrected chi connectivity index (χ3v) is 3.15. The molecule has 3 rings (SSSR count). The quantitative estimate of drug-likeness (QED) is 0.828. The summed E-state index contributed by atoms with van der Waals surface area (Å²) < 4.78 is 1.68. The van der Waals surface area contributed by atoms with E-state index >= 15 is 0 Å². The summed E-state index contributed by atoms with van der Waals surface area (Å²) in [7, 11) is 0. The van der Waals surface area contributed by atoms with E-state index in [1.807, 2.05) is 12.1 Å². The van der Waals surface area contributed by atoms with Crippen LogP contribution in [-0.4, -0.2) is 34.2 Å². The van der Waals surface area contributed by atoms with Crippen LogP contribution >= 0.6 is 11.6 Å². The Bertz CT molecular complexity index is 589. The first-order chi connectivity index (χ1) is 8.81. The predicted octanol–water partition coefficient (Wildman–Crippen LogP) is 1.71. The van der Waals surface area contributed by atoms with E-state index < -0.39 is 0 Å². The Balaban J connectivity index is 1.72. The number of rotatable bonds is 3. The van der Waals surface area contributed by atoms with Crippen molar-refractivity contribution in [2.45, 2.75) is 6.42 Å². The van der Waals surface area contributed by atoms with Crippen molar-refractivity contribution in [1.29, 1.82) is 0 Å². The number of halogens is 1. The monoisotopic (exact) mass is 263 g/mol. The van der Waals surface area contributed by atoms with Crippen molar-refractivity contribution in [2.24, 2.45) is 0 Å². The Kier molecular flexibility index (Phi) is 3.17. The molecule has 94 valence electrons. The van der Waals surface area contributed by atoms with Crippen LogP contribution in [0.25, 0.3) is 5.65 Å². The van der Waals surface area contributed by atoms with Gasteiger partial charge in [-0.1, -0.05) is 23.3 Å². The highest BCUT2D eigenvalue weighted by Gasteiger charge is 2.06. The highest BCUT2D eigenvalue weighted by molar-refractivity contribution is 6.30. The van der Waals surface area contributed by atoms with Crippen molar-refractivity contribution in [2.75, 3.05) is 25.0 Å². The van der Waals surface area contributed by atoms with Crippen LogP contribution < -0.4 is 10.6 Å². The summed E-state index contributed by atoms with van der Waals surface area (Å²) in [5.74, 6) is 0.636. The van der Waals surface area contributed by atoms with Crippen molar-refractivity contribution in [3.8, 4) is 0 Å². The maximum atomic E-state index is 5.90. The molecule has 0 fully saturated rings. The second kappa shape index (κ2) is 4.96. The van der Waals surface area contributed by atoms with E-state index in [-0.39, 0.29) is 0 Å². The third-order valence-electron chi connectivity index (χ3n) is 2.93. The van der Waals surface area contributed by atoms with Gasteiger partial charge < -0.3 is 10.6 Å². The molecule has 0 radical (unpaired) electrons. The molecule has 0 saturated heterocycles. The van der Waals surface area contributed by atoms with Gasteiger partial charge in [0.25, 0.3) is 0 Å². The zero-order chi connectivity index (χ0) is 12.4. The largest absolute Gasteiger partial charge is 0.349 e. The molecule has 2 aromatic rings. The van der Waals surface area contributed by atoms with E-state index in [4.69, 9.17) is 11.6 Å². The van der Waals surface area contributed by atoms with Gasteiger partial charge in [-0.2, -0.15) is 4.98 Å². The number of hydrogen-bond acceptors (Lipinski definition) is 4. The molecule has 2 aromatic heterocycles. The van der Waals surface area contributed by atoms with Gasteiger partial charge in [0.1, 0.15) is 0 Å². The lowest BCUT2D eigenvalue weighted by Gasteiger charge is -2.13. The number of fused-ring (bicyclic) bond motifs is 1. The molecule has 0 amide bonds. The Hall–Kier alpha value is -1.59. The molecular weight excluding hydrogens is 250 g/mol. The lowest BCUT2D eigenvalue weighted by atomic mass is 10.1. The summed E-state index contributed by atoms with van der Waals surface area (Å²) in [6, 6.07) is 3.66. The van der Waals surface area contributed by atoms with Crippen molar-refractivity contribution in [3.63, 3.8) is 0 Å². The van der Waals surface area contributed by atoms with Crippen molar-refractivity contribution in [1.82, 2.24) is 19.9 Å².